The molecular weight excluding hydrogens is 198 g/mol. The monoisotopic (exact) mass is 209 g/mol. The van der Waals surface area contributed by atoms with Crippen LogP contribution in [0.15, 0.2) is 29.2 Å². The molecule has 5 nitrogen and oxygen atoms in total. The van der Waals surface area contributed by atoms with E-state index >= 15 is 0 Å². The molecule has 1 aromatic heterocycles. The van der Waals surface area contributed by atoms with E-state index in [2.05, 4.69) is 9.72 Å². The summed E-state index contributed by atoms with van der Waals surface area (Å²) in [5.41, 5.74) is 0. The highest BCUT2D eigenvalue weighted by molar-refractivity contribution is 5.95. The molecule has 80 valence electrons. The van der Waals surface area contributed by atoms with Crippen LogP contribution in [0.5, 0.6) is 0 Å². The van der Waals surface area contributed by atoms with Crippen LogP contribution in [-0.2, 0) is 20.7 Å². The van der Waals surface area contributed by atoms with Crippen molar-refractivity contribution < 1.29 is 18.7 Å². The average Bonchev–Trinajstić information content (AvgIpc) is 2.75. The SMILES string of the molecule is COC(=O)/C=C/C(=O)CCc1cnco1. The molecular formula is C10H11NO4. The highest BCUT2D eigenvalue weighted by Gasteiger charge is 2.02. The van der Waals surface area contributed by atoms with E-state index in [1.54, 1.807) is 6.20 Å². The summed E-state index contributed by atoms with van der Waals surface area (Å²) in [6, 6.07) is 0. The van der Waals surface area contributed by atoms with Gasteiger partial charge < -0.3 is 9.15 Å². The van der Waals surface area contributed by atoms with Crippen molar-refractivity contribution in [3.8, 4) is 0 Å². The number of rotatable bonds is 5. The van der Waals surface area contributed by atoms with Gasteiger partial charge in [-0.25, -0.2) is 9.78 Å². The number of hydrogen-bond acceptors (Lipinski definition) is 5. The number of oxazole rings is 1. The highest BCUT2D eigenvalue weighted by atomic mass is 16.5. The smallest absolute Gasteiger partial charge is 0.330 e. The molecule has 0 spiro atoms. The second kappa shape index (κ2) is 5.74. The summed E-state index contributed by atoms with van der Waals surface area (Å²) in [5.74, 6) is -0.0466. The maximum Gasteiger partial charge on any atom is 0.330 e. The van der Waals surface area contributed by atoms with Crippen LogP contribution in [0.3, 0.4) is 0 Å². The van der Waals surface area contributed by atoms with Crippen LogP contribution in [0.1, 0.15) is 12.2 Å². The maximum atomic E-state index is 11.2. The zero-order valence-electron chi connectivity index (χ0n) is 8.30. The number of aryl methyl sites for hydroxylation is 1. The van der Waals surface area contributed by atoms with Crippen LogP contribution in [0.25, 0.3) is 0 Å². The molecule has 0 saturated heterocycles. The van der Waals surface area contributed by atoms with Gasteiger partial charge >= 0.3 is 5.97 Å². The molecule has 0 unspecified atom stereocenters. The lowest BCUT2D eigenvalue weighted by molar-refractivity contribution is -0.135. The Balaban J connectivity index is 2.31. The molecule has 0 amide bonds. The molecule has 1 rings (SSSR count). The Morgan fingerprint density at radius 2 is 2.33 bits per heavy atom. The van der Waals surface area contributed by atoms with Gasteiger partial charge in [0.15, 0.2) is 12.2 Å². The second-order valence-electron chi connectivity index (χ2n) is 2.79. The first-order valence-electron chi connectivity index (χ1n) is 4.38. The van der Waals surface area contributed by atoms with Crippen molar-refractivity contribution >= 4 is 11.8 Å². The van der Waals surface area contributed by atoms with Crippen LogP contribution in [0.2, 0.25) is 0 Å². The predicted molar refractivity (Wildman–Crippen MR) is 51.0 cm³/mol. The Kier molecular flexibility index (Phi) is 4.28. The molecule has 0 fully saturated rings. The molecule has 5 heteroatoms. The van der Waals surface area contributed by atoms with Gasteiger partial charge in [-0.3, -0.25) is 4.79 Å². The van der Waals surface area contributed by atoms with Crippen LogP contribution < -0.4 is 0 Å². The standard InChI is InChI=1S/C10H11NO4/c1-14-10(13)5-3-8(12)2-4-9-6-11-7-15-9/h3,5-7H,2,4H2,1H3/b5-3+. The maximum absolute atomic E-state index is 11.2. The summed E-state index contributed by atoms with van der Waals surface area (Å²) in [4.78, 5) is 25.6. The number of nitrogens with zero attached hydrogens (tertiary/aromatic N) is 1. The molecule has 0 saturated carbocycles. The molecule has 0 radical (unpaired) electrons. The van der Waals surface area contributed by atoms with Gasteiger partial charge in [-0.15, -0.1) is 0 Å². The van der Waals surface area contributed by atoms with Gasteiger partial charge in [-0.1, -0.05) is 0 Å². The molecule has 1 heterocycles. The number of allylic oxidation sites excluding steroid dienone is 1. The quantitative estimate of drug-likeness (QED) is 0.532. The molecule has 0 aliphatic rings. The number of hydrogen-bond donors (Lipinski definition) is 0. The van der Waals surface area contributed by atoms with Crippen LogP contribution in [-0.4, -0.2) is 23.8 Å². The Hall–Kier alpha value is -1.91. The largest absolute Gasteiger partial charge is 0.466 e. The van der Waals surface area contributed by atoms with Gasteiger partial charge in [0.25, 0.3) is 0 Å². The normalized spacial score (nSPS) is 10.5. The topological polar surface area (TPSA) is 69.4 Å². The van der Waals surface area contributed by atoms with E-state index in [1.165, 1.54) is 19.6 Å². The minimum Gasteiger partial charge on any atom is -0.466 e. The van der Waals surface area contributed by atoms with Crippen molar-refractivity contribution in [2.24, 2.45) is 0 Å². The van der Waals surface area contributed by atoms with Crippen LogP contribution >= 0.6 is 0 Å². The molecule has 0 atom stereocenters. The molecule has 15 heavy (non-hydrogen) atoms. The first kappa shape index (κ1) is 11.2. The average molecular weight is 209 g/mol. The van der Waals surface area contributed by atoms with Gasteiger partial charge in [-0.2, -0.15) is 0 Å². The number of carbonyl (C=O) groups excluding carboxylic acids is 2. The zero-order chi connectivity index (χ0) is 11.1. The number of ketones is 1. The van der Waals surface area contributed by atoms with Crippen molar-refractivity contribution in [3.63, 3.8) is 0 Å². The van der Waals surface area contributed by atoms with Gasteiger partial charge in [-0.05, 0) is 6.08 Å². The lowest BCUT2D eigenvalue weighted by Gasteiger charge is -1.92. The fourth-order valence-corrected chi connectivity index (χ4v) is 0.924. The van der Waals surface area contributed by atoms with E-state index < -0.39 is 5.97 Å². The Labute approximate surface area is 86.7 Å². The number of esters is 1. The van der Waals surface area contributed by atoms with E-state index in [1.807, 2.05) is 0 Å². The molecule has 0 aromatic carbocycles. The van der Waals surface area contributed by atoms with E-state index in [4.69, 9.17) is 4.42 Å². The zero-order valence-corrected chi connectivity index (χ0v) is 8.30. The van der Waals surface area contributed by atoms with Crippen molar-refractivity contribution in [3.05, 3.63) is 30.5 Å². The summed E-state index contributed by atoms with van der Waals surface area (Å²) in [7, 11) is 1.26. The number of methoxy groups -OCH3 is 1. The molecule has 0 N–H and O–H groups in total. The Morgan fingerprint density at radius 3 is 2.93 bits per heavy atom. The third-order valence-electron chi connectivity index (χ3n) is 1.71. The summed E-state index contributed by atoms with van der Waals surface area (Å²) in [6.07, 6.45) is 5.92. The van der Waals surface area contributed by atoms with Crippen LogP contribution in [0.4, 0.5) is 0 Å². The number of ether oxygens (including phenoxy) is 1. The minimum absolute atomic E-state index is 0.156. The minimum atomic E-state index is -0.539. The lowest BCUT2D eigenvalue weighted by atomic mass is 10.2. The van der Waals surface area contributed by atoms with Gasteiger partial charge in [0.2, 0.25) is 0 Å². The third kappa shape index (κ3) is 4.21. The molecule has 0 aliphatic heterocycles. The van der Waals surface area contributed by atoms with Gasteiger partial charge in [0.1, 0.15) is 5.76 Å². The van der Waals surface area contributed by atoms with E-state index in [9.17, 15) is 9.59 Å². The van der Waals surface area contributed by atoms with Gasteiger partial charge in [0.05, 0.1) is 13.3 Å². The summed E-state index contributed by atoms with van der Waals surface area (Å²) in [6.45, 7) is 0. The summed E-state index contributed by atoms with van der Waals surface area (Å²) < 4.78 is 9.30. The second-order valence-corrected chi connectivity index (χ2v) is 2.79. The highest BCUT2D eigenvalue weighted by Crippen LogP contribution is 2.01. The summed E-state index contributed by atoms with van der Waals surface area (Å²) >= 11 is 0. The molecule has 0 bridgehead atoms. The van der Waals surface area contributed by atoms with Gasteiger partial charge in [0, 0.05) is 18.9 Å². The fourth-order valence-electron chi connectivity index (χ4n) is 0.924. The predicted octanol–water partition coefficient (Wildman–Crippen LogP) is 0.905. The molecule has 0 aliphatic carbocycles. The summed E-state index contributed by atoms with van der Waals surface area (Å²) in [5, 5.41) is 0. The fraction of sp³-hybridized carbons (Fsp3) is 0.300. The first-order chi connectivity index (χ1) is 7.22. The molecule has 1 aromatic rings. The van der Waals surface area contributed by atoms with E-state index in [0.29, 0.717) is 12.2 Å². The Morgan fingerprint density at radius 1 is 1.53 bits per heavy atom. The van der Waals surface area contributed by atoms with E-state index in [-0.39, 0.29) is 12.2 Å². The number of carbonyl (C=O) groups is 2. The van der Waals surface area contributed by atoms with Crippen molar-refractivity contribution in [2.75, 3.05) is 7.11 Å². The van der Waals surface area contributed by atoms with E-state index in [0.717, 1.165) is 6.08 Å². The van der Waals surface area contributed by atoms with Crippen molar-refractivity contribution in [1.82, 2.24) is 4.98 Å². The Bertz CT molecular complexity index is 354. The first-order valence-corrected chi connectivity index (χ1v) is 4.38. The van der Waals surface area contributed by atoms with Crippen molar-refractivity contribution in [1.29, 1.82) is 0 Å². The van der Waals surface area contributed by atoms with Crippen LogP contribution in [0, 0.1) is 0 Å². The third-order valence-corrected chi connectivity index (χ3v) is 1.71. The lowest BCUT2D eigenvalue weighted by Crippen LogP contribution is -1.99. The number of aromatic nitrogens is 1. The van der Waals surface area contributed by atoms with Crippen molar-refractivity contribution in [2.45, 2.75) is 12.8 Å².